The Kier molecular flexibility index (Phi) is 10.2. The van der Waals surface area contributed by atoms with Crippen molar-refractivity contribution >= 4 is 17.6 Å². The van der Waals surface area contributed by atoms with Crippen molar-refractivity contribution < 1.29 is 9.21 Å². The molecule has 0 saturated heterocycles. The van der Waals surface area contributed by atoms with Crippen molar-refractivity contribution in [2.75, 3.05) is 44.7 Å². The van der Waals surface area contributed by atoms with Crippen molar-refractivity contribution in [3.05, 3.63) is 54.5 Å². The molecule has 7 nitrogen and oxygen atoms in total. The maximum atomic E-state index is 10.9. The Balaban J connectivity index is 1.74. The SMILES string of the molecule is CC(=O)NCCCNC(=NCCCN(C)c1ccccc1)NCCc1ccco1. The summed E-state index contributed by atoms with van der Waals surface area (Å²) in [5.74, 6) is 1.74. The van der Waals surface area contributed by atoms with Crippen LogP contribution in [0.25, 0.3) is 0 Å². The highest BCUT2D eigenvalue weighted by molar-refractivity contribution is 5.79. The van der Waals surface area contributed by atoms with Gasteiger partial charge in [0.25, 0.3) is 0 Å². The topological polar surface area (TPSA) is 81.9 Å². The van der Waals surface area contributed by atoms with E-state index >= 15 is 0 Å². The first-order chi connectivity index (χ1) is 14.1. The van der Waals surface area contributed by atoms with Crippen molar-refractivity contribution in [3.8, 4) is 0 Å². The van der Waals surface area contributed by atoms with E-state index in [9.17, 15) is 4.79 Å². The van der Waals surface area contributed by atoms with Gasteiger partial charge >= 0.3 is 0 Å². The third kappa shape index (κ3) is 9.69. The van der Waals surface area contributed by atoms with E-state index in [1.165, 1.54) is 12.6 Å². The highest BCUT2D eigenvalue weighted by Gasteiger charge is 2.02. The maximum Gasteiger partial charge on any atom is 0.216 e. The molecule has 0 saturated carbocycles. The first-order valence-electron chi connectivity index (χ1n) is 10.2. The largest absolute Gasteiger partial charge is 0.469 e. The second-order valence-electron chi connectivity index (χ2n) is 6.86. The molecule has 7 heteroatoms. The number of nitrogens with one attached hydrogen (secondary N) is 3. The second-order valence-corrected chi connectivity index (χ2v) is 6.86. The number of anilines is 1. The van der Waals surface area contributed by atoms with Gasteiger partial charge in [0.05, 0.1) is 6.26 Å². The number of rotatable bonds is 12. The van der Waals surface area contributed by atoms with Crippen molar-refractivity contribution in [2.45, 2.75) is 26.2 Å². The number of carbonyl (C=O) groups is 1. The lowest BCUT2D eigenvalue weighted by Gasteiger charge is -2.18. The van der Waals surface area contributed by atoms with Crippen LogP contribution in [0.5, 0.6) is 0 Å². The molecule has 0 radical (unpaired) electrons. The monoisotopic (exact) mass is 399 g/mol. The summed E-state index contributed by atoms with van der Waals surface area (Å²) >= 11 is 0. The van der Waals surface area contributed by atoms with E-state index in [0.717, 1.165) is 57.2 Å². The number of hydrogen-bond acceptors (Lipinski definition) is 4. The molecule has 0 aliphatic rings. The van der Waals surface area contributed by atoms with Crippen LogP contribution in [-0.4, -0.2) is 51.6 Å². The van der Waals surface area contributed by atoms with Gasteiger partial charge in [-0.25, -0.2) is 0 Å². The molecule has 1 heterocycles. The van der Waals surface area contributed by atoms with Gasteiger partial charge in [-0.1, -0.05) is 18.2 Å². The Hall–Kier alpha value is -2.96. The van der Waals surface area contributed by atoms with Gasteiger partial charge in [0.2, 0.25) is 5.91 Å². The van der Waals surface area contributed by atoms with E-state index in [1.54, 1.807) is 6.26 Å². The van der Waals surface area contributed by atoms with Gasteiger partial charge in [0.1, 0.15) is 5.76 Å². The van der Waals surface area contributed by atoms with Crippen molar-refractivity contribution in [2.24, 2.45) is 4.99 Å². The number of carbonyl (C=O) groups excluding carboxylic acids is 1. The fourth-order valence-electron chi connectivity index (χ4n) is 2.80. The average Bonchev–Trinajstić information content (AvgIpc) is 3.24. The molecular weight excluding hydrogens is 366 g/mol. The van der Waals surface area contributed by atoms with Crippen LogP contribution in [0.1, 0.15) is 25.5 Å². The summed E-state index contributed by atoms with van der Waals surface area (Å²) in [7, 11) is 2.10. The smallest absolute Gasteiger partial charge is 0.216 e. The summed E-state index contributed by atoms with van der Waals surface area (Å²) in [5.41, 5.74) is 1.21. The van der Waals surface area contributed by atoms with Gasteiger partial charge in [-0.05, 0) is 37.1 Å². The van der Waals surface area contributed by atoms with E-state index in [4.69, 9.17) is 9.41 Å². The van der Waals surface area contributed by atoms with Gasteiger partial charge in [-0.2, -0.15) is 0 Å². The lowest BCUT2D eigenvalue weighted by atomic mass is 10.3. The molecule has 0 unspecified atom stereocenters. The quantitative estimate of drug-likeness (QED) is 0.290. The lowest BCUT2D eigenvalue weighted by Crippen LogP contribution is -2.40. The van der Waals surface area contributed by atoms with E-state index in [0.29, 0.717) is 6.54 Å². The van der Waals surface area contributed by atoms with Crippen LogP contribution in [0.2, 0.25) is 0 Å². The van der Waals surface area contributed by atoms with Crippen molar-refractivity contribution in [1.82, 2.24) is 16.0 Å². The minimum Gasteiger partial charge on any atom is -0.469 e. The number of amides is 1. The van der Waals surface area contributed by atoms with Gasteiger partial charge in [0.15, 0.2) is 5.96 Å². The molecule has 1 aromatic heterocycles. The molecule has 0 spiro atoms. The van der Waals surface area contributed by atoms with Crippen LogP contribution in [0.4, 0.5) is 5.69 Å². The standard InChI is InChI=1S/C22H33N5O2/c1-19(28)23-13-7-14-24-22(26-16-12-21-11-6-18-29-21)25-15-8-17-27(2)20-9-4-3-5-10-20/h3-6,9-11,18H,7-8,12-17H2,1-2H3,(H,23,28)(H2,24,25,26). The Labute approximate surface area is 173 Å². The van der Waals surface area contributed by atoms with Crippen LogP contribution >= 0.6 is 0 Å². The molecule has 0 fully saturated rings. The summed E-state index contributed by atoms with van der Waals surface area (Å²) in [6.07, 6.45) is 4.29. The summed E-state index contributed by atoms with van der Waals surface area (Å²) in [6, 6.07) is 14.2. The Morgan fingerprint density at radius 3 is 2.48 bits per heavy atom. The van der Waals surface area contributed by atoms with E-state index in [2.05, 4.69) is 52.2 Å². The molecule has 158 valence electrons. The predicted octanol–water partition coefficient (Wildman–Crippen LogP) is 2.41. The first kappa shape index (κ1) is 22.3. The average molecular weight is 400 g/mol. The minimum atomic E-state index is -0.00185. The van der Waals surface area contributed by atoms with E-state index in [-0.39, 0.29) is 5.91 Å². The molecule has 0 aliphatic heterocycles. The molecule has 29 heavy (non-hydrogen) atoms. The number of benzene rings is 1. The first-order valence-corrected chi connectivity index (χ1v) is 10.2. The highest BCUT2D eigenvalue weighted by Crippen LogP contribution is 2.10. The molecule has 3 N–H and O–H groups in total. The Morgan fingerprint density at radius 1 is 1.00 bits per heavy atom. The fourth-order valence-corrected chi connectivity index (χ4v) is 2.80. The zero-order valence-corrected chi connectivity index (χ0v) is 17.5. The number of guanidine groups is 1. The van der Waals surface area contributed by atoms with Crippen LogP contribution in [-0.2, 0) is 11.2 Å². The zero-order valence-electron chi connectivity index (χ0n) is 17.5. The minimum absolute atomic E-state index is 0.00185. The molecule has 1 amide bonds. The second kappa shape index (κ2) is 13.3. The normalized spacial score (nSPS) is 11.2. The zero-order chi connectivity index (χ0) is 20.7. The molecule has 0 aliphatic carbocycles. The van der Waals surface area contributed by atoms with Gasteiger partial charge in [-0.15, -0.1) is 0 Å². The van der Waals surface area contributed by atoms with Gasteiger partial charge in [-0.3, -0.25) is 9.79 Å². The maximum absolute atomic E-state index is 10.9. The summed E-state index contributed by atoms with van der Waals surface area (Å²) in [5, 5.41) is 9.50. The summed E-state index contributed by atoms with van der Waals surface area (Å²) in [4.78, 5) is 17.9. The van der Waals surface area contributed by atoms with Gasteiger partial charge in [0, 0.05) is 58.8 Å². The number of aliphatic imine (C=N–C) groups is 1. The molecule has 1 aromatic carbocycles. The van der Waals surface area contributed by atoms with E-state index < -0.39 is 0 Å². The van der Waals surface area contributed by atoms with Gasteiger partial charge < -0.3 is 25.3 Å². The van der Waals surface area contributed by atoms with Crippen molar-refractivity contribution in [3.63, 3.8) is 0 Å². The third-order valence-corrected chi connectivity index (χ3v) is 4.38. The van der Waals surface area contributed by atoms with Crippen LogP contribution < -0.4 is 20.9 Å². The number of furan rings is 1. The summed E-state index contributed by atoms with van der Waals surface area (Å²) < 4.78 is 5.37. The Bertz CT molecular complexity index is 716. The van der Waals surface area contributed by atoms with Crippen LogP contribution in [0.15, 0.2) is 58.1 Å². The number of hydrogen-bond donors (Lipinski definition) is 3. The molecule has 0 bridgehead atoms. The van der Waals surface area contributed by atoms with E-state index in [1.807, 2.05) is 18.2 Å². The highest BCUT2D eigenvalue weighted by atomic mass is 16.3. The summed E-state index contributed by atoms with van der Waals surface area (Å²) in [6.45, 7) is 5.35. The number of para-hydroxylation sites is 1. The van der Waals surface area contributed by atoms with Crippen molar-refractivity contribution in [1.29, 1.82) is 0 Å². The third-order valence-electron chi connectivity index (χ3n) is 4.38. The molecule has 0 atom stereocenters. The van der Waals surface area contributed by atoms with Crippen LogP contribution in [0.3, 0.4) is 0 Å². The predicted molar refractivity (Wildman–Crippen MR) is 118 cm³/mol. The fraction of sp³-hybridized carbons (Fsp3) is 0.455. The van der Waals surface area contributed by atoms with Crippen LogP contribution in [0, 0.1) is 0 Å². The Morgan fingerprint density at radius 2 is 1.76 bits per heavy atom. The molecule has 2 rings (SSSR count). The molecular formula is C22H33N5O2. The number of nitrogens with zero attached hydrogens (tertiary/aromatic N) is 2. The molecule has 2 aromatic rings. The lowest BCUT2D eigenvalue weighted by molar-refractivity contribution is -0.118.